The second-order valence-electron chi connectivity index (χ2n) is 8.71. The van der Waals surface area contributed by atoms with E-state index in [0.717, 1.165) is 31.2 Å². The van der Waals surface area contributed by atoms with E-state index in [1.807, 2.05) is 42.3 Å². The summed E-state index contributed by atoms with van der Waals surface area (Å²) in [6.07, 6.45) is 4.06. The predicted octanol–water partition coefficient (Wildman–Crippen LogP) is 2.88. The summed E-state index contributed by atoms with van der Waals surface area (Å²) < 4.78 is 0. The molecule has 0 spiro atoms. The Kier molecular flexibility index (Phi) is 7.23. The number of rotatable bonds is 5. The molecule has 1 aliphatic rings. The van der Waals surface area contributed by atoms with Gasteiger partial charge in [0.25, 0.3) is 0 Å². The average Bonchev–Trinajstić information content (AvgIpc) is 2.59. The molecule has 0 saturated heterocycles. The number of hydrogen-bond donors (Lipinski definition) is 2. The van der Waals surface area contributed by atoms with Crippen LogP contribution in [-0.4, -0.2) is 46.0 Å². The van der Waals surface area contributed by atoms with Crippen molar-refractivity contribution in [3.63, 3.8) is 0 Å². The molecule has 0 heterocycles. The molecule has 0 unspecified atom stereocenters. The third-order valence-electron chi connectivity index (χ3n) is 5.36. The molecule has 0 aromatic heterocycles. The molecule has 4 N–H and O–H groups in total. The zero-order valence-corrected chi connectivity index (χ0v) is 17.8. The number of hydrogen-bond acceptors (Lipinski definition) is 3. The van der Waals surface area contributed by atoms with Crippen LogP contribution >= 0.6 is 12.2 Å². The first-order valence-corrected chi connectivity index (χ1v) is 10.2. The Balaban J connectivity index is 2.31. The Hall–Kier alpha value is -1.66. The minimum absolute atomic E-state index is 0.00884. The van der Waals surface area contributed by atoms with Crippen molar-refractivity contribution in [1.29, 1.82) is 0 Å². The lowest BCUT2D eigenvalue weighted by molar-refractivity contribution is -0.139. The van der Waals surface area contributed by atoms with Crippen molar-refractivity contribution < 1.29 is 4.79 Å². The number of nitrogens with zero attached hydrogens (tertiary/aromatic N) is 2. The van der Waals surface area contributed by atoms with Gasteiger partial charge in [-0.05, 0) is 36.0 Å². The van der Waals surface area contributed by atoms with E-state index in [-0.39, 0.29) is 28.5 Å². The molecule has 150 valence electrons. The molecule has 0 bridgehead atoms. The van der Waals surface area contributed by atoms with Crippen LogP contribution in [0, 0.1) is 5.41 Å². The van der Waals surface area contributed by atoms with Crippen LogP contribution in [0.5, 0.6) is 0 Å². The summed E-state index contributed by atoms with van der Waals surface area (Å²) in [6, 6.07) is 9.54. The van der Waals surface area contributed by atoms with E-state index in [1.54, 1.807) is 4.90 Å². The van der Waals surface area contributed by atoms with Gasteiger partial charge in [0.05, 0.1) is 0 Å². The molecule has 3 atom stereocenters. The van der Waals surface area contributed by atoms with Crippen LogP contribution in [0.3, 0.4) is 0 Å². The van der Waals surface area contributed by atoms with Gasteiger partial charge in [0, 0.05) is 25.7 Å². The molecule has 0 radical (unpaired) electrons. The number of likely N-dealkylation sites (N-methyl/N-ethyl adjacent to an activating group) is 1. The van der Waals surface area contributed by atoms with Gasteiger partial charge < -0.3 is 21.3 Å². The third-order valence-corrected chi connectivity index (χ3v) is 5.58. The fourth-order valence-electron chi connectivity index (χ4n) is 4.02. The number of carbonyl (C=O) groups excluding carboxylic acids is 1. The third kappa shape index (κ3) is 5.42. The second-order valence-corrected chi connectivity index (χ2v) is 9.13. The van der Waals surface area contributed by atoms with Crippen molar-refractivity contribution in [3.8, 4) is 0 Å². The van der Waals surface area contributed by atoms with Crippen molar-refractivity contribution in [2.45, 2.75) is 71.1 Å². The standard InChI is InChI=1S/C21H34N4OS/c1-21(2,3)18(19(26)24(4)14-15-10-6-5-7-11-15)25(20(23)27)17-13-9-8-12-16(17)22/h5-7,10-11,16-18H,8-9,12-14,22H2,1-4H3,(H2,23,27)/t16-,17-,18-/m1/s1. The quantitative estimate of drug-likeness (QED) is 0.756. The molecule has 27 heavy (non-hydrogen) atoms. The lowest BCUT2D eigenvalue weighted by Gasteiger charge is -2.47. The summed E-state index contributed by atoms with van der Waals surface area (Å²) in [4.78, 5) is 17.2. The lowest BCUT2D eigenvalue weighted by Crippen LogP contribution is -2.64. The van der Waals surface area contributed by atoms with Crippen molar-refractivity contribution in [3.05, 3.63) is 35.9 Å². The maximum Gasteiger partial charge on any atom is 0.245 e. The fourth-order valence-corrected chi connectivity index (χ4v) is 4.26. The van der Waals surface area contributed by atoms with Gasteiger partial charge in [-0.25, -0.2) is 0 Å². The Morgan fingerprint density at radius 1 is 1.22 bits per heavy atom. The van der Waals surface area contributed by atoms with E-state index in [4.69, 9.17) is 23.7 Å². The Bertz CT molecular complexity index is 643. The van der Waals surface area contributed by atoms with Crippen LogP contribution in [-0.2, 0) is 11.3 Å². The molecular formula is C21H34N4OS. The van der Waals surface area contributed by atoms with Gasteiger partial charge in [-0.3, -0.25) is 4.79 Å². The highest BCUT2D eigenvalue weighted by Gasteiger charge is 2.43. The van der Waals surface area contributed by atoms with Crippen LogP contribution in [0.2, 0.25) is 0 Å². The van der Waals surface area contributed by atoms with E-state index in [0.29, 0.717) is 6.54 Å². The summed E-state index contributed by atoms with van der Waals surface area (Å²) in [5.74, 6) is 0.0249. The first-order valence-electron chi connectivity index (χ1n) is 9.75. The van der Waals surface area contributed by atoms with Gasteiger partial charge in [0.1, 0.15) is 6.04 Å². The van der Waals surface area contributed by atoms with Gasteiger partial charge >= 0.3 is 0 Å². The molecule has 1 fully saturated rings. The minimum Gasteiger partial charge on any atom is -0.376 e. The molecule has 1 aromatic rings. The van der Waals surface area contributed by atoms with E-state index in [2.05, 4.69) is 20.8 Å². The van der Waals surface area contributed by atoms with E-state index in [1.165, 1.54) is 0 Å². The Morgan fingerprint density at radius 2 is 1.81 bits per heavy atom. The molecule has 1 aromatic carbocycles. The Labute approximate surface area is 169 Å². The summed E-state index contributed by atoms with van der Waals surface area (Å²) >= 11 is 5.41. The lowest BCUT2D eigenvalue weighted by atomic mass is 9.81. The van der Waals surface area contributed by atoms with Gasteiger partial charge in [0.2, 0.25) is 5.91 Å². The smallest absolute Gasteiger partial charge is 0.245 e. The first-order chi connectivity index (χ1) is 12.6. The molecule has 1 amide bonds. The van der Waals surface area contributed by atoms with Crippen LogP contribution in [0.25, 0.3) is 0 Å². The van der Waals surface area contributed by atoms with Gasteiger partial charge in [-0.15, -0.1) is 0 Å². The van der Waals surface area contributed by atoms with E-state index in [9.17, 15) is 4.79 Å². The number of carbonyl (C=O) groups is 1. The van der Waals surface area contributed by atoms with Gasteiger partial charge in [-0.2, -0.15) is 0 Å². The summed E-state index contributed by atoms with van der Waals surface area (Å²) in [7, 11) is 1.84. The van der Waals surface area contributed by atoms with Gasteiger partial charge in [-0.1, -0.05) is 63.9 Å². The molecule has 6 heteroatoms. The summed E-state index contributed by atoms with van der Waals surface area (Å²) in [5.41, 5.74) is 13.3. The maximum absolute atomic E-state index is 13.5. The molecule has 5 nitrogen and oxygen atoms in total. The molecular weight excluding hydrogens is 356 g/mol. The van der Waals surface area contributed by atoms with Crippen molar-refractivity contribution in [2.75, 3.05) is 7.05 Å². The highest BCUT2D eigenvalue weighted by molar-refractivity contribution is 7.80. The molecule has 0 aliphatic heterocycles. The van der Waals surface area contributed by atoms with Crippen molar-refractivity contribution in [1.82, 2.24) is 9.80 Å². The zero-order valence-electron chi connectivity index (χ0n) is 17.0. The second kappa shape index (κ2) is 9.02. The molecule has 1 aliphatic carbocycles. The highest BCUT2D eigenvalue weighted by Crippen LogP contribution is 2.32. The van der Waals surface area contributed by atoms with E-state index >= 15 is 0 Å². The Morgan fingerprint density at radius 3 is 2.33 bits per heavy atom. The SMILES string of the molecule is CN(Cc1ccccc1)C(=O)[C@@H](N(C(N)=S)[C@@H]1CCCC[C@H]1N)C(C)(C)C. The van der Waals surface area contributed by atoms with E-state index < -0.39 is 6.04 Å². The van der Waals surface area contributed by atoms with Crippen LogP contribution < -0.4 is 11.5 Å². The van der Waals surface area contributed by atoms with Crippen molar-refractivity contribution >= 4 is 23.2 Å². The number of amides is 1. The fraction of sp³-hybridized carbons (Fsp3) is 0.619. The van der Waals surface area contributed by atoms with Crippen molar-refractivity contribution in [2.24, 2.45) is 16.9 Å². The number of thiocarbonyl (C=S) groups is 1. The van der Waals surface area contributed by atoms with Crippen LogP contribution in [0.15, 0.2) is 30.3 Å². The zero-order chi connectivity index (χ0) is 20.2. The monoisotopic (exact) mass is 390 g/mol. The normalized spacial score (nSPS) is 21.4. The molecule has 2 rings (SSSR count). The molecule has 1 saturated carbocycles. The predicted molar refractivity (Wildman–Crippen MR) is 115 cm³/mol. The summed E-state index contributed by atoms with van der Waals surface area (Å²) in [5, 5.41) is 0.263. The number of nitrogens with two attached hydrogens (primary N) is 2. The topological polar surface area (TPSA) is 75.6 Å². The minimum atomic E-state index is -0.446. The first kappa shape index (κ1) is 21.6. The summed E-state index contributed by atoms with van der Waals surface area (Å²) in [6.45, 7) is 6.73. The maximum atomic E-state index is 13.5. The van der Waals surface area contributed by atoms with Crippen LogP contribution in [0.4, 0.5) is 0 Å². The average molecular weight is 391 g/mol. The number of benzene rings is 1. The van der Waals surface area contributed by atoms with Crippen LogP contribution in [0.1, 0.15) is 52.0 Å². The van der Waals surface area contributed by atoms with Gasteiger partial charge in [0.15, 0.2) is 5.11 Å². The highest BCUT2D eigenvalue weighted by atomic mass is 32.1. The largest absolute Gasteiger partial charge is 0.376 e.